The van der Waals surface area contributed by atoms with E-state index in [2.05, 4.69) is 0 Å². The number of nitrogens with zero attached hydrogens (tertiary/aromatic N) is 1. The van der Waals surface area contributed by atoms with Crippen LogP contribution in [0, 0.1) is 0 Å². The summed E-state index contributed by atoms with van der Waals surface area (Å²) in [6, 6.07) is 0.372. The molecule has 3 rings (SSSR count). The van der Waals surface area contributed by atoms with Crippen LogP contribution in [0.15, 0.2) is 0 Å². The molecular formula is C10H16N2O2. The summed E-state index contributed by atoms with van der Waals surface area (Å²) in [5, 5.41) is 0. The van der Waals surface area contributed by atoms with Crippen LogP contribution < -0.4 is 5.73 Å². The first-order valence-electron chi connectivity index (χ1n) is 5.44. The summed E-state index contributed by atoms with van der Waals surface area (Å²) >= 11 is 0. The van der Waals surface area contributed by atoms with Gasteiger partial charge in [0.05, 0.1) is 18.2 Å². The zero-order chi connectivity index (χ0) is 9.71. The number of carbonyl (C=O) groups is 1. The molecule has 3 aliphatic heterocycles. The van der Waals surface area contributed by atoms with Crippen molar-refractivity contribution in [2.45, 2.75) is 50.0 Å². The smallest absolute Gasteiger partial charge is 0.224 e. The van der Waals surface area contributed by atoms with Gasteiger partial charge in [-0.25, -0.2) is 0 Å². The normalized spacial score (nSPS) is 46.6. The molecule has 1 amide bonds. The lowest BCUT2D eigenvalue weighted by molar-refractivity contribution is -0.130. The van der Waals surface area contributed by atoms with Crippen molar-refractivity contribution in [3.63, 3.8) is 0 Å². The standard InChI is InChI=1S/C10H16N2O2/c11-6-3-10(13)12(5-6)8-4-7-1-2-9(8)14-7/h6-9H,1-5,11H2. The predicted octanol–water partition coefficient (Wildman–Crippen LogP) is -0.134. The van der Waals surface area contributed by atoms with E-state index >= 15 is 0 Å². The minimum atomic E-state index is 0.0432. The Kier molecular flexibility index (Phi) is 1.82. The van der Waals surface area contributed by atoms with Crippen molar-refractivity contribution >= 4 is 5.91 Å². The van der Waals surface area contributed by atoms with Crippen molar-refractivity contribution in [3.05, 3.63) is 0 Å². The van der Waals surface area contributed by atoms with Crippen LogP contribution in [0.25, 0.3) is 0 Å². The minimum absolute atomic E-state index is 0.0432. The summed E-state index contributed by atoms with van der Waals surface area (Å²) in [7, 11) is 0. The predicted molar refractivity (Wildman–Crippen MR) is 50.6 cm³/mol. The lowest BCUT2D eigenvalue weighted by atomic mass is 9.94. The number of hydrogen-bond donors (Lipinski definition) is 1. The van der Waals surface area contributed by atoms with Gasteiger partial charge in [-0.05, 0) is 19.3 Å². The van der Waals surface area contributed by atoms with E-state index in [1.165, 1.54) is 6.42 Å². The Balaban J connectivity index is 1.74. The van der Waals surface area contributed by atoms with Gasteiger partial charge in [0.25, 0.3) is 0 Å². The number of nitrogens with two attached hydrogens (primary N) is 1. The Labute approximate surface area is 83.4 Å². The molecule has 3 fully saturated rings. The maximum Gasteiger partial charge on any atom is 0.224 e. The first-order chi connectivity index (χ1) is 6.74. The molecule has 3 heterocycles. The highest BCUT2D eigenvalue weighted by atomic mass is 16.5. The molecule has 0 aromatic carbocycles. The van der Waals surface area contributed by atoms with E-state index in [0.717, 1.165) is 19.4 Å². The van der Waals surface area contributed by atoms with Crippen LogP contribution in [0.2, 0.25) is 0 Å². The van der Waals surface area contributed by atoms with Crippen LogP contribution in [0.5, 0.6) is 0 Å². The molecule has 4 atom stereocenters. The molecule has 4 unspecified atom stereocenters. The first kappa shape index (κ1) is 8.68. The molecule has 0 radical (unpaired) electrons. The molecule has 4 nitrogen and oxygen atoms in total. The molecule has 0 aliphatic carbocycles. The Bertz CT molecular complexity index is 269. The monoisotopic (exact) mass is 196 g/mol. The lowest BCUT2D eigenvalue weighted by Gasteiger charge is -2.29. The summed E-state index contributed by atoms with van der Waals surface area (Å²) in [6.45, 7) is 0.732. The van der Waals surface area contributed by atoms with Crippen molar-refractivity contribution in [2.24, 2.45) is 5.73 Å². The fraction of sp³-hybridized carbons (Fsp3) is 0.900. The van der Waals surface area contributed by atoms with E-state index in [4.69, 9.17) is 10.5 Å². The number of likely N-dealkylation sites (tertiary alicyclic amines) is 1. The van der Waals surface area contributed by atoms with Crippen molar-refractivity contribution in [1.29, 1.82) is 0 Å². The van der Waals surface area contributed by atoms with Gasteiger partial charge in [-0.2, -0.15) is 0 Å². The maximum absolute atomic E-state index is 11.6. The van der Waals surface area contributed by atoms with Gasteiger partial charge in [0.15, 0.2) is 0 Å². The highest BCUT2D eigenvalue weighted by Crippen LogP contribution is 2.38. The van der Waals surface area contributed by atoms with Crippen molar-refractivity contribution in [2.75, 3.05) is 6.54 Å². The van der Waals surface area contributed by atoms with Crippen LogP contribution in [0.1, 0.15) is 25.7 Å². The first-order valence-corrected chi connectivity index (χ1v) is 5.44. The SMILES string of the molecule is NC1CC(=O)N(C2CC3CCC2O3)C1. The Morgan fingerprint density at radius 3 is 2.79 bits per heavy atom. The summed E-state index contributed by atoms with van der Waals surface area (Å²) < 4.78 is 5.75. The third-order valence-electron chi connectivity index (χ3n) is 3.66. The van der Waals surface area contributed by atoms with Gasteiger partial charge in [0, 0.05) is 19.0 Å². The van der Waals surface area contributed by atoms with Crippen LogP contribution in [-0.2, 0) is 9.53 Å². The average molecular weight is 196 g/mol. The number of hydrogen-bond acceptors (Lipinski definition) is 3. The van der Waals surface area contributed by atoms with Gasteiger partial charge < -0.3 is 15.4 Å². The van der Waals surface area contributed by atoms with Gasteiger partial charge in [-0.3, -0.25) is 4.79 Å². The van der Waals surface area contributed by atoms with Crippen LogP contribution in [-0.4, -0.2) is 41.6 Å². The van der Waals surface area contributed by atoms with Gasteiger partial charge in [0.1, 0.15) is 0 Å². The molecule has 3 saturated heterocycles. The quantitative estimate of drug-likeness (QED) is 0.635. The highest BCUT2D eigenvalue weighted by Gasteiger charge is 2.46. The Morgan fingerprint density at radius 2 is 2.29 bits per heavy atom. The van der Waals surface area contributed by atoms with Gasteiger partial charge in [-0.15, -0.1) is 0 Å². The number of carbonyl (C=O) groups excluding carboxylic acids is 1. The molecule has 78 valence electrons. The molecule has 0 saturated carbocycles. The zero-order valence-electron chi connectivity index (χ0n) is 8.19. The highest BCUT2D eigenvalue weighted by molar-refractivity contribution is 5.79. The number of rotatable bonds is 1. The van der Waals surface area contributed by atoms with E-state index in [-0.39, 0.29) is 11.9 Å². The molecule has 4 heteroatoms. The topological polar surface area (TPSA) is 55.6 Å². The summed E-state index contributed by atoms with van der Waals surface area (Å²) in [4.78, 5) is 13.6. The van der Waals surface area contributed by atoms with E-state index in [9.17, 15) is 4.79 Å². The van der Waals surface area contributed by atoms with Crippen LogP contribution in [0.3, 0.4) is 0 Å². The second-order valence-electron chi connectivity index (χ2n) is 4.69. The Hall–Kier alpha value is -0.610. The van der Waals surface area contributed by atoms with Crippen molar-refractivity contribution in [1.82, 2.24) is 4.90 Å². The lowest BCUT2D eigenvalue weighted by Crippen LogP contribution is -2.43. The largest absolute Gasteiger partial charge is 0.373 e. The zero-order valence-corrected chi connectivity index (χ0v) is 8.19. The van der Waals surface area contributed by atoms with Gasteiger partial charge >= 0.3 is 0 Å². The van der Waals surface area contributed by atoms with Crippen molar-refractivity contribution in [3.8, 4) is 0 Å². The fourth-order valence-electron chi connectivity index (χ4n) is 3.02. The third kappa shape index (κ3) is 1.17. The van der Waals surface area contributed by atoms with Crippen LogP contribution in [0.4, 0.5) is 0 Å². The number of amides is 1. The molecule has 14 heavy (non-hydrogen) atoms. The number of fused-ring (bicyclic) bond motifs is 2. The van der Waals surface area contributed by atoms with Crippen molar-refractivity contribution < 1.29 is 9.53 Å². The van der Waals surface area contributed by atoms with Gasteiger partial charge in [0.2, 0.25) is 5.91 Å². The third-order valence-corrected chi connectivity index (χ3v) is 3.66. The molecular weight excluding hydrogens is 180 g/mol. The molecule has 0 aromatic heterocycles. The van der Waals surface area contributed by atoms with E-state index in [0.29, 0.717) is 24.7 Å². The molecule has 0 spiro atoms. The molecule has 0 aromatic rings. The van der Waals surface area contributed by atoms with E-state index < -0.39 is 0 Å². The average Bonchev–Trinajstić information content (AvgIpc) is 2.79. The fourth-order valence-corrected chi connectivity index (χ4v) is 3.02. The second kappa shape index (κ2) is 2.94. The second-order valence-corrected chi connectivity index (χ2v) is 4.69. The van der Waals surface area contributed by atoms with Gasteiger partial charge in [-0.1, -0.05) is 0 Å². The number of ether oxygens (including phenoxy) is 1. The molecule has 2 bridgehead atoms. The van der Waals surface area contributed by atoms with E-state index in [1.807, 2.05) is 4.90 Å². The summed E-state index contributed by atoms with van der Waals surface area (Å²) in [5.74, 6) is 0.221. The van der Waals surface area contributed by atoms with Crippen LogP contribution >= 0.6 is 0 Å². The maximum atomic E-state index is 11.6. The molecule has 3 aliphatic rings. The molecule has 2 N–H and O–H groups in total. The Morgan fingerprint density at radius 1 is 1.43 bits per heavy atom. The van der Waals surface area contributed by atoms with E-state index in [1.54, 1.807) is 0 Å². The summed E-state index contributed by atoms with van der Waals surface area (Å²) in [6.07, 6.45) is 4.56. The summed E-state index contributed by atoms with van der Waals surface area (Å²) in [5.41, 5.74) is 5.78. The minimum Gasteiger partial charge on any atom is -0.373 e.